The third-order valence-electron chi connectivity index (χ3n) is 2.87. The third kappa shape index (κ3) is 3.80. The fraction of sp³-hybridized carbons (Fsp3) is 0.462. The molecule has 17 heavy (non-hydrogen) atoms. The first-order valence-corrected chi connectivity index (χ1v) is 6.76. The minimum atomic E-state index is -0.171. The number of aliphatic imine (C=N–C) groups is 1. The molecule has 0 spiro atoms. The highest BCUT2D eigenvalue weighted by Crippen LogP contribution is 2.15. The van der Waals surface area contributed by atoms with Crippen molar-refractivity contribution in [3.63, 3.8) is 0 Å². The summed E-state index contributed by atoms with van der Waals surface area (Å²) in [4.78, 5) is 4.46. The van der Waals surface area contributed by atoms with Crippen molar-refractivity contribution < 1.29 is 4.39 Å². The number of hydrogen-bond donors (Lipinski definition) is 1. The normalized spacial score (nSPS) is 16.2. The lowest BCUT2D eigenvalue weighted by molar-refractivity contribution is 0.605. The quantitative estimate of drug-likeness (QED) is 0.885. The fourth-order valence-corrected chi connectivity index (χ4v) is 2.30. The molecule has 1 N–H and O–H groups in total. The molecule has 0 amide bonds. The molecule has 0 saturated heterocycles. The van der Waals surface area contributed by atoms with Crippen molar-refractivity contribution in [2.75, 3.05) is 6.54 Å². The second-order valence-corrected chi connectivity index (χ2v) is 5.14. The van der Waals surface area contributed by atoms with Gasteiger partial charge in [0.2, 0.25) is 0 Å². The number of hydrogen-bond acceptors (Lipinski definition) is 2. The van der Waals surface area contributed by atoms with E-state index in [9.17, 15) is 4.39 Å². The molecule has 1 aromatic carbocycles. The van der Waals surface area contributed by atoms with E-state index in [2.05, 4.69) is 26.2 Å². The van der Waals surface area contributed by atoms with Crippen LogP contribution in [-0.2, 0) is 6.54 Å². The van der Waals surface area contributed by atoms with Crippen LogP contribution in [0.25, 0.3) is 0 Å². The SMILES string of the molecule is Fc1ccc(Br)cc1CNC1=NCCCCC1. The number of benzene rings is 1. The Kier molecular flexibility index (Phi) is 4.54. The van der Waals surface area contributed by atoms with Crippen LogP contribution >= 0.6 is 15.9 Å². The fourth-order valence-electron chi connectivity index (χ4n) is 1.89. The van der Waals surface area contributed by atoms with Gasteiger partial charge in [-0.2, -0.15) is 0 Å². The van der Waals surface area contributed by atoms with Gasteiger partial charge in [0.25, 0.3) is 0 Å². The highest BCUT2D eigenvalue weighted by Gasteiger charge is 2.06. The van der Waals surface area contributed by atoms with Crippen LogP contribution in [0.5, 0.6) is 0 Å². The average molecular weight is 299 g/mol. The highest BCUT2D eigenvalue weighted by molar-refractivity contribution is 9.10. The smallest absolute Gasteiger partial charge is 0.128 e. The van der Waals surface area contributed by atoms with Crippen molar-refractivity contribution >= 4 is 21.8 Å². The zero-order valence-electron chi connectivity index (χ0n) is 9.68. The molecule has 1 aliphatic heterocycles. The Hall–Kier alpha value is -0.900. The van der Waals surface area contributed by atoms with Crippen LogP contribution in [-0.4, -0.2) is 12.4 Å². The third-order valence-corrected chi connectivity index (χ3v) is 3.36. The first-order valence-electron chi connectivity index (χ1n) is 5.97. The van der Waals surface area contributed by atoms with Crippen LogP contribution in [0.15, 0.2) is 27.7 Å². The monoisotopic (exact) mass is 298 g/mol. The van der Waals surface area contributed by atoms with Gasteiger partial charge in [-0.25, -0.2) is 4.39 Å². The van der Waals surface area contributed by atoms with Gasteiger partial charge in [0, 0.05) is 29.5 Å². The summed E-state index contributed by atoms with van der Waals surface area (Å²) in [6.45, 7) is 1.40. The summed E-state index contributed by atoms with van der Waals surface area (Å²) < 4.78 is 14.4. The molecule has 0 bridgehead atoms. The van der Waals surface area contributed by atoms with Crippen LogP contribution in [0.4, 0.5) is 4.39 Å². The van der Waals surface area contributed by atoms with E-state index < -0.39 is 0 Å². The standard InChI is InChI=1S/C13H16BrFN2/c14-11-5-6-12(15)10(8-11)9-17-13-4-2-1-3-7-16-13/h5-6,8H,1-4,7,9H2,(H,16,17). The van der Waals surface area contributed by atoms with Gasteiger partial charge in [-0.3, -0.25) is 4.99 Å². The van der Waals surface area contributed by atoms with E-state index >= 15 is 0 Å². The van der Waals surface area contributed by atoms with Crippen LogP contribution < -0.4 is 5.32 Å². The van der Waals surface area contributed by atoms with Gasteiger partial charge < -0.3 is 5.32 Å². The number of rotatable bonds is 2. The van der Waals surface area contributed by atoms with Gasteiger partial charge in [0.15, 0.2) is 0 Å². The molecule has 1 aliphatic rings. The van der Waals surface area contributed by atoms with Crippen molar-refractivity contribution in [3.8, 4) is 0 Å². The van der Waals surface area contributed by atoms with Gasteiger partial charge in [-0.05, 0) is 31.0 Å². The van der Waals surface area contributed by atoms with Crippen molar-refractivity contribution in [1.82, 2.24) is 5.32 Å². The minimum Gasteiger partial charge on any atom is -0.370 e. The molecule has 1 heterocycles. The summed E-state index contributed by atoms with van der Waals surface area (Å²) in [7, 11) is 0. The Balaban J connectivity index is 1.96. The Labute approximate surface area is 109 Å². The molecule has 0 saturated carbocycles. The molecule has 0 unspecified atom stereocenters. The molecular weight excluding hydrogens is 283 g/mol. The predicted octanol–water partition coefficient (Wildman–Crippen LogP) is 3.65. The van der Waals surface area contributed by atoms with E-state index in [1.807, 2.05) is 0 Å². The molecule has 0 radical (unpaired) electrons. The molecule has 2 nitrogen and oxygen atoms in total. The van der Waals surface area contributed by atoms with Crippen molar-refractivity contribution in [1.29, 1.82) is 0 Å². The van der Waals surface area contributed by atoms with Gasteiger partial charge in [0.05, 0.1) is 5.84 Å². The largest absolute Gasteiger partial charge is 0.370 e. The lowest BCUT2D eigenvalue weighted by Crippen LogP contribution is -2.23. The zero-order valence-corrected chi connectivity index (χ0v) is 11.3. The van der Waals surface area contributed by atoms with Gasteiger partial charge in [0.1, 0.15) is 5.82 Å². The average Bonchev–Trinajstić information content (AvgIpc) is 2.59. The number of halogens is 2. The van der Waals surface area contributed by atoms with E-state index in [1.165, 1.54) is 18.9 Å². The summed E-state index contributed by atoms with van der Waals surface area (Å²) in [5, 5.41) is 3.24. The van der Waals surface area contributed by atoms with Crippen molar-refractivity contribution in [2.45, 2.75) is 32.2 Å². The minimum absolute atomic E-state index is 0.171. The van der Waals surface area contributed by atoms with Crippen LogP contribution in [0, 0.1) is 5.82 Å². The summed E-state index contributed by atoms with van der Waals surface area (Å²) >= 11 is 3.35. The van der Waals surface area contributed by atoms with Gasteiger partial charge in [-0.15, -0.1) is 0 Å². The second kappa shape index (κ2) is 6.15. The van der Waals surface area contributed by atoms with E-state index in [4.69, 9.17) is 0 Å². The maximum atomic E-state index is 13.5. The van der Waals surface area contributed by atoms with E-state index in [0.717, 1.165) is 29.7 Å². The number of nitrogens with zero attached hydrogens (tertiary/aromatic N) is 1. The topological polar surface area (TPSA) is 24.4 Å². The van der Waals surface area contributed by atoms with Crippen molar-refractivity contribution in [3.05, 3.63) is 34.1 Å². The lowest BCUT2D eigenvalue weighted by atomic mass is 10.2. The molecule has 0 fully saturated rings. The molecule has 0 aromatic heterocycles. The molecule has 1 aromatic rings. The predicted molar refractivity (Wildman–Crippen MR) is 71.7 cm³/mol. The van der Waals surface area contributed by atoms with E-state index in [-0.39, 0.29) is 5.82 Å². The summed E-state index contributed by atoms with van der Waals surface area (Å²) in [5.74, 6) is 0.844. The maximum Gasteiger partial charge on any atom is 0.128 e. The number of nitrogens with one attached hydrogen (secondary N) is 1. The second-order valence-electron chi connectivity index (χ2n) is 4.23. The van der Waals surface area contributed by atoms with Gasteiger partial charge in [-0.1, -0.05) is 22.4 Å². The molecule has 4 heteroatoms. The first kappa shape index (κ1) is 12.6. The molecule has 2 rings (SSSR count). The summed E-state index contributed by atoms with van der Waals surface area (Å²) in [5.41, 5.74) is 0.673. The summed E-state index contributed by atoms with van der Waals surface area (Å²) in [6, 6.07) is 5.00. The van der Waals surface area contributed by atoms with Crippen LogP contribution in [0.1, 0.15) is 31.2 Å². The van der Waals surface area contributed by atoms with Crippen molar-refractivity contribution in [2.24, 2.45) is 4.99 Å². The molecule has 0 atom stereocenters. The first-order chi connectivity index (χ1) is 8.25. The molecule has 0 aliphatic carbocycles. The molecular formula is C13H16BrFN2. The Morgan fingerprint density at radius 1 is 1.29 bits per heavy atom. The number of amidine groups is 1. The van der Waals surface area contributed by atoms with Crippen LogP contribution in [0.3, 0.4) is 0 Å². The van der Waals surface area contributed by atoms with E-state index in [0.29, 0.717) is 12.1 Å². The Bertz CT molecular complexity index is 418. The van der Waals surface area contributed by atoms with Gasteiger partial charge >= 0.3 is 0 Å². The molecule has 92 valence electrons. The summed E-state index contributed by atoms with van der Waals surface area (Å²) in [6.07, 6.45) is 4.55. The Morgan fingerprint density at radius 2 is 2.18 bits per heavy atom. The van der Waals surface area contributed by atoms with E-state index in [1.54, 1.807) is 12.1 Å². The lowest BCUT2D eigenvalue weighted by Gasteiger charge is -2.09. The van der Waals surface area contributed by atoms with Crippen LogP contribution in [0.2, 0.25) is 0 Å². The highest BCUT2D eigenvalue weighted by atomic mass is 79.9. The maximum absolute atomic E-state index is 13.5. The Morgan fingerprint density at radius 3 is 3.06 bits per heavy atom. The zero-order chi connectivity index (χ0) is 12.1.